The first-order chi connectivity index (χ1) is 11.7. The second kappa shape index (κ2) is 13.1. The van der Waals surface area contributed by atoms with Crippen molar-refractivity contribution in [3.8, 4) is 0 Å². The van der Waals surface area contributed by atoms with E-state index < -0.39 is 9.84 Å². The summed E-state index contributed by atoms with van der Waals surface area (Å²) in [6, 6.07) is 0.555. The lowest BCUT2D eigenvalue weighted by atomic mass is 10.0. The van der Waals surface area contributed by atoms with Gasteiger partial charge in [-0.3, -0.25) is 9.89 Å². The van der Waals surface area contributed by atoms with Gasteiger partial charge < -0.3 is 10.6 Å². The van der Waals surface area contributed by atoms with Gasteiger partial charge in [0.2, 0.25) is 0 Å². The van der Waals surface area contributed by atoms with Crippen LogP contribution in [0.5, 0.6) is 0 Å². The molecule has 0 aliphatic carbocycles. The van der Waals surface area contributed by atoms with Gasteiger partial charge in [-0.15, -0.1) is 24.0 Å². The number of aliphatic imine (C=N–C) groups is 1. The second-order valence-corrected chi connectivity index (χ2v) is 9.94. The highest BCUT2D eigenvalue weighted by atomic mass is 127. The van der Waals surface area contributed by atoms with Crippen LogP contribution in [-0.2, 0) is 9.84 Å². The van der Waals surface area contributed by atoms with Gasteiger partial charge in [0.1, 0.15) is 9.84 Å². The maximum Gasteiger partial charge on any atom is 0.191 e. The Labute approximate surface area is 177 Å². The summed E-state index contributed by atoms with van der Waals surface area (Å²) < 4.78 is 22.6. The Balaban J connectivity index is 0.00000625. The SMILES string of the molecule is CN=C(NCC(C(C)C)N1CCCCCC1)NC(C)CCS(C)(=O)=O.I. The highest BCUT2D eigenvalue weighted by molar-refractivity contribution is 14.0. The molecule has 6 nitrogen and oxygen atoms in total. The van der Waals surface area contributed by atoms with Crippen LogP contribution in [0.2, 0.25) is 0 Å². The molecule has 1 fully saturated rings. The fourth-order valence-corrected chi connectivity index (χ4v) is 4.09. The van der Waals surface area contributed by atoms with E-state index in [0.29, 0.717) is 18.4 Å². The minimum Gasteiger partial charge on any atom is -0.355 e. The Morgan fingerprint density at radius 3 is 2.15 bits per heavy atom. The number of nitrogens with one attached hydrogen (secondary N) is 2. The number of hydrogen-bond acceptors (Lipinski definition) is 4. The van der Waals surface area contributed by atoms with Crippen LogP contribution in [0.15, 0.2) is 4.99 Å². The van der Waals surface area contributed by atoms with Gasteiger partial charge in [-0.2, -0.15) is 0 Å². The van der Waals surface area contributed by atoms with Crippen molar-refractivity contribution in [3.63, 3.8) is 0 Å². The van der Waals surface area contributed by atoms with Crippen molar-refractivity contribution in [2.75, 3.05) is 38.7 Å². The highest BCUT2D eigenvalue weighted by Gasteiger charge is 2.23. The van der Waals surface area contributed by atoms with Crippen LogP contribution in [0.1, 0.15) is 52.9 Å². The zero-order chi connectivity index (χ0) is 18.9. The summed E-state index contributed by atoms with van der Waals surface area (Å²) in [5.41, 5.74) is 0. The van der Waals surface area contributed by atoms with Crippen molar-refractivity contribution in [1.29, 1.82) is 0 Å². The van der Waals surface area contributed by atoms with E-state index in [1.165, 1.54) is 45.0 Å². The van der Waals surface area contributed by atoms with Crippen LogP contribution in [-0.4, -0.2) is 70.1 Å². The summed E-state index contributed by atoms with van der Waals surface area (Å²) in [4.78, 5) is 6.91. The minimum absolute atomic E-state index is 0. The van der Waals surface area contributed by atoms with Gasteiger partial charge in [0, 0.05) is 31.9 Å². The van der Waals surface area contributed by atoms with Crippen LogP contribution >= 0.6 is 24.0 Å². The largest absolute Gasteiger partial charge is 0.355 e. The van der Waals surface area contributed by atoms with E-state index in [0.717, 1.165) is 12.5 Å². The molecule has 1 aliphatic heterocycles. The summed E-state index contributed by atoms with van der Waals surface area (Å²) in [5.74, 6) is 1.52. The third-order valence-corrected chi connectivity index (χ3v) is 5.86. The highest BCUT2D eigenvalue weighted by Crippen LogP contribution is 2.17. The number of guanidine groups is 1. The van der Waals surface area contributed by atoms with E-state index in [1.807, 2.05) is 6.92 Å². The van der Waals surface area contributed by atoms with E-state index in [2.05, 4.69) is 34.4 Å². The molecule has 1 saturated heterocycles. The average Bonchev–Trinajstić information content (AvgIpc) is 2.80. The van der Waals surface area contributed by atoms with Crippen LogP contribution in [0.3, 0.4) is 0 Å². The predicted octanol–water partition coefficient (Wildman–Crippen LogP) is 2.49. The van der Waals surface area contributed by atoms with Gasteiger partial charge in [0.05, 0.1) is 5.75 Å². The molecule has 2 atom stereocenters. The Hall–Kier alpha value is -0.0900. The van der Waals surface area contributed by atoms with Crippen LogP contribution in [0.4, 0.5) is 0 Å². The molecule has 0 bridgehead atoms. The zero-order valence-electron chi connectivity index (χ0n) is 17.1. The second-order valence-electron chi connectivity index (χ2n) is 7.68. The standard InChI is InChI=1S/C18H38N4O2S.HI/c1-15(2)17(22-11-8-6-7-9-12-22)14-20-18(19-4)21-16(3)10-13-25(5,23)24;/h15-17H,6-14H2,1-5H3,(H2,19,20,21);1H. The van der Waals surface area contributed by atoms with Crippen molar-refractivity contribution in [1.82, 2.24) is 15.5 Å². The van der Waals surface area contributed by atoms with Gasteiger partial charge in [-0.25, -0.2) is 8.42 Å². The quantitative estimate of drug-likeness (QED) is 0.303. The molecule has 26 heavy (non-hydrogen) atoms. The third-order valence-electron chi connectivity index (χ3n) is 4.89. The molecule has 1 heterocycles. The van der Waals surface area contributed by atoms with Crippen molar-refractivity contribution >= 4 is 39.8 Å². The molecular weight excluding hydrogens is 463 g/mol. The van der Waals surface area contributed by atoms with Gasteiger partial charge in [-0.05, 0) is 45.2 Å². The van der Waals surface area contributed by atoms with Gasteiger partial charge in [0.25, 0.3) is 0 Å². The normalized spacial score (nSPS) is 19.4. The number of nitrogens with zero attached hydrogens (tertiary/aromatic N) is 2. The molecule has 0 aromatic heterocycles. The number of sulfone groups is 1. The van der Waals surface area contributed by atoms with Gasteiger partial charge >= 0.3 is 0 Å². The Morgan fingerprint density at radius 1 is 1.12 bits per heavy atom. The lowest BCUT2D eigenvalue weighted by Gasteiger charge is -2.34. The van der Waals surface area contributed by atoms with Gasteiger partial charge in [0.15, 0.2) is 5.96 Å². The topological polar surface area (TPSA) is 73.8 Å². The fraction of sp³-hybridized carbons (Fsp3) is 0.944. The predicted molar refractivity (Wildman–Crippen MR) is 122 cm³/mol. The van der Waals surface area contributed by atoms with E-state index in [9.17, 15) is 8.42 Å². The summed E-state index contributed by atoms with van der Waals surface area (Å²) in [5, 5.41) is 6.75. The molecular formula is C18H39IN4O2S. The lowest BCUT2D eigenvalue weighted by molar-refractivity contribution is 0.161. The number of rotatable bonds is 8. The maximum atomic E-state index is 11.3. The van der Waals surface area contributed by atoms with E-state index >= 15 is 0 Å². The smallest absolute Gasteiger partial charge is 0.191 e. The Kier molecular flexibility index (Phi) is 13.1. The summed E-state index contributed by atoms with van der Waals surface area (Å²) in [7, 11) is -1.16. The van der Waals surface area contributed by atoms with Crippen molar-refractivity contribution in [2.45, 2.75) is 65.0 Å². The Morgan fingerprint density at radius 2 is 1.69 bits per heavy atom. The molecule has 0 radical (unpaired) electrons. The van der Waals surface area contributed by atoms with Crippen LogP contribution < -0.4 is 10.6 Å². The van der Waals surface area contributed by atoms with Crippen LogP contribution in [0.25, 0.3) is 0 Å². The lowest BCUT2D eigenvalue weighted by Crippen LogP contribution is -2.51. The van der Waals surface area contributed by atoms with Crippen molar-refractivity contribution in [2.24, 2.45) is 10.9 Å². The molecule has 156 valence electrons. The van der Waals surface area contributed by atoms with Crippen molar-refractivity contribution in [3.05, 3.63) is 0 Å². The summed E-state index contributed by atoms with van der Waals surface area (Å²) in [6.07, 6.45) is 7.13. The first-order valence-electron chi connectivity index (χ1n) is 9.62. The molecule has 0 amide bonds. The molecule has 0 aromatic carbocycles. The molecule has 0 saturated carbocycles. The molecule has 1 rings (SSSR count). The molecule has 1 aliphatic rings. The minimum atomic E-state index is -2.92. The summed E-state index contributed by atoms with van der Waals surface area (Å²) >= 11 is 0. The first kappa shape index (κ1) is 25.9. The molecule has 2 unspecified atom stereocenters. The van der Waals surface area contributed by atoms with E-state index in [4.69, 9.17) is 0 Å². The monoisotopic (exact) mass is 502 g/mol. The fourth-order valence-electron chi connectivity index (χ4n) is 3.31. The number of likely N-dealkylation sites (tertiary alicyclic amines) is 1. The average molecular weight is 503 g/mol. The molecule has 0 aromatic rings. The first-order valence-corrected chi connectivity index (χ1v) is 11.7. The zero-order valence-corrected chi connectivity index (χ0v) is 20.3. The van der Waals surface area contributed by atoms with E-state index in [1.54, 1.807) is 7.05 Å². The van der Waals surface area contributed by atoms with E-state index in [-0.39, 0.29) is 35.8 Å². The molecule has 8 heteroatoms. The summed E-state index contributed by atoms with van der Waals surface area (Å²) in [6.45, 7) is 9.77. The molecule has 0 spiro atoms. The van der Waals surface area contributed by atoms with Gasteiger partial charge in [-0.1, -0.05) is 26.7 Å². The maximum absolute atomic E-state index is 11.3. The number of halogens is 1. The third kappa shape index (κ3) is 10.9. The van der Waals surface area contributed by atoms with Crippen LogP contribution in [0, 0.1) is 5.92 Å². The molecule has 2 N–H and O–H groups in total. The Bertz CT molecular complexity index is 503. The number of hydrogen-bond donors (Lipinski definition) is 2. The van der Waals surface area contributed by atoms with Crippen molar-refractivity contribution < 1.29 is 8.42 Å².